The van der Waals surface area contributed by atoms with E-state index in [0.717, 1.165) is 5.69 Å². The van der Waals surface area contributed by atoms with Crippen LogP contribution < -0.4 is 4.90 Å². The zero-order valence-corrected chi connectivity index (χ0v) is 16.6. The molecule has 0 bridgehead atoms. The number of carbonyl (C=O) groups excluding carboxylic acids is 1. The Bertz CT molecular complexity index is 1060. The molecule has 1 atom stereocenters. The number of non-ortho nitro benzene ring substituents is 1. The smallest absolute Gasteiger partial charge is 0.269 e. The van der Waals surface area contributed by atoms with Gasteiger partial charge in [-0.1, -0.05) is 41.6 Å². The second-order valence-corrected chi connectivity index (χ2v) is 7.99. The first kappa shape index (κ1) is 19.0. The minimum absolute atomic E-state index is 0.0403. The van der Waals surface area contributed by atoms with Crippen molar-refractivity contribution in [3.63, 3.8) is 0 Å². The second kappa shape index (κ2) is 7.60. The summed E-state index contributed by atoms with van der Waals surface area (Å²) in [7, 11) is 0. The number of amides is 1. The molecule has 8 heteroatoms. The van der Waals surface area contributed by atoms with Crippen molar-refractivity contribution in [2.24, 2.45) is 0 Å². The number of nitro benzene ring substituents is 1. The van der Waals surface area contributed by atoms with E-state index in [4.69, 9.17) is 0 Å². The fourth-order valence-corrected chi connectivity index (χ4v) is 4.79. The molecule has 0 aromatic heterocycles. The molecular weight excluding hydrogens is 388 g/mol. The zero-order chi connectivity index (χ0) is 20.5. The third-order valence-corrected chi connectivity index (χ3v) is 6.33. The van der Waals surface area contributed by atoms with Gasteiger partial charge in [-0.05, 0) is 24.6 Å². The zero-order valence-electron chi connectivity index (χ0n) is 15.7. The number of benzene rings is 2. The summed E-state index contributed by atoms with van der Waals surface area (Å²) in [5, 5.41) is 21.6. The van der Waals surface area contributed by atoms with E-state index in [2.05, 4.69) is 11.0 Å². The number of hydrogen-bond donors (Lipinski definition) is 0. The average Bonchev–Trinajstić information content (AvgIpc) is 2.74. The monoisotopic (exact) mass is 406 g/mol. The van der Waals surface area contributed by atoms with Crippen molar-refractivity contribution < 1.29 is 9.72 Å². The molecule has 0 aliphatic carbocycles. The van der Waals surface area contributed by atoms with Gasteiger partial charge in [0.2, 0.25) is 5.91 Å². The molecule has 2 aromatic rings. The predicted molar refractivity (Wildman–Crippen MR) is 111 cm³/mol. The number of allylic oxidation sites excluding steroid dienone is 1. The molecule has 1 amide bonds. The Kier molecular flexibility index (Phi) is 4.99. The lowest BCUT2D eigenvalue weighted by Crippen LogP contribution is -2.47. The van der Waals surface area contributed by atoms with Crippen LogP contribution in [0.3, 0.4) is 0 Å². The van der Waals surface area contributed by atoms with Gasteiger partial charge in [0.15, 0.2) is 0 Å². The van der Waals surface area contributed by atoms with Crippen LogP contribution in [0.4, 0.5) is 11.4 Å². The van der Waals surface area contributed by atoms with E-state index in [-0.39, 0.29) is 18.0 Å². The highest BCUT2D eigenvalue weighted by atomic mass is 32.2. The van der Waals surface area contributed by atoms with Crippen LogP contribution in [0.15, 0.2) is 59.1 Å². The fourth-order valence-electron chi connectivity index (χ4n) is 3.62. The number of aryl methyl sites for hydroxylation is 1. The van der Waals surface area contributed by atoms with Crippen LogP contribution in [0.5, 0.6) is 0 Å². The average molecular weight is 406 g/mol. The Labute approximate surface area is 172 Å². The van der Waals surface area contributed by atoms with Crippen molar-refractivity contribution in [1.29, 1.82) is 5.26 Å². The normalized spacial score (nSPS) is 19.0. The van der Waals surface area contributed by atoms with Gasteiger partial charge in [-0.3, -0.25) is 19.8 Å². The van der Waals surface area contributed by atoms with Gasteiger partial charge in [0, 0.05) is 30.2 Å². The topological polar surface area (TPSA) is 90.5 Å². The van der Waals surface area contributed by atoms with Gasteiger partial charge in [0.25, 0.3) is 5.69 Å². The number of nitriles is 1. The van der Waals surface area contributed by atoms with Gasteiger partial charge in [-0.15, -0.1) is 0 Å². The highest BCUT2D eigenvalue weighted by Gasteiger charge is 2.38. The lowest BCUT2D eigenvalue weighted by atomic mass is 9.86. The predicted octanol–water partition coefficient (Wildman–Crippen LogP) is 4.12. The summed E-state index contributed by atoms with van der Waals surface area (Å²) in [6, 6.07) is 16.6. The molecule has 0 radical (unpaired) electrons. The molecular formula is C21H18N4O3S. The van der Waals surface area contributed by atoms with Gasteiger partial charge in [-0.25, -0.2) is 0 Å². The summed E-state index contributed by atoms with van der Waals surface area (Å²) in [6.45, 7) is 2.41. The lowest BCUT2D eigenvalue weighted by Gasteiger charge is -2.42. The number of hydrogen-bond acceptors (Lipinski definition) is 6. The van der Waals surface area contributed by atoms with Crippen LogP contribution in [-0.4, -0.2) is 28.3 Å². The Morgan fingerprint density at radius 3 is 2.69 bits per heavy atom. The van der Waals surface area contributed by atoms with Crippen molar-refractivity contribution in [3.8, 4) is 6.07 Å². The van der Waals surface area contributed by atoms with Crippen molar-refractivity contribution in [1.82, 2.24) is 4.90 Å². The molecule has 0 saturated carbocycles. The quantitative estimate of drug-likeness (QED) is 0.562. The van der Waals surface area contributed by atoms with Crippen molar-refractivity contribution in [3.05, 3.63) is 80.4 Å². The Morgan fingerprint density at radius 2 is 2.00 bits per heavy atom. The van der Waals surface area contributed by atoms with Crippen LogP contribution in [0, 0.1) is 28.4 Å². The Balaban J connectivity index is 1.67. The van der Waals surface area contributed by atoms with E-state index in [1.165, 1.54) is 29.5 Å². The minimum Gasteiger partial charge on any atom is -0.344 e. The summed E-state index contributed by atoms with van der Waals surface area (Å²) in [6.07, 6.45) is 0.121. The Hall–Kier alpha value is -3.31. The van der Waals surface area contributed by atoms with Crippen LogP contribution in [0.25, 0.3) is 0 Å². The summed E-state index contributed by atoms with van der Waals surface area (Å²) < 4.78 is 0. The van der Waals surface area contributed by atoms with Crippen LogP contribution in [0.1, 0.15) is 23.5 Å². The van der Waals surface area contributed by atoms with Gasteiger partial charge in [0.1, 0.15) is 0 Å². The van der Waals surface area contributed by atoms with Crippen molar-refractivity contribution in [2.75, 3.05) is 17.4 Å². The molecule has 0 N–H and O–H groups in total. The van der Waals surface area contributed by atoms with Gasteiger partial charge >= 0.3 is 0 Å². The van der Waals surface area contributed by atoms with E-state index >= 15 is 0 Å². The Morgan fingerprint density at radius 1 is 1.24 bits per heavy atom. The largest absolute Gasteiger partial charge is 0.344 e. The van der Waals surface area contributed by atoms with E-state index in [1.807, 2.05) is 31.2 Å². The van der Waals surface area contributed by atoms with E-state index < -0.39 is 10.8 Å². The molecule has 2 aromatic carbocycles. The summed E-state index contributed by atoms with van der Waals surface area (Å²) >= 11 is 1.45. The number of anilines is 1. The van der Waals surface area contributed by atoms with Crippen molar-refractivity contribution in [2.45, 2.75) is 19.3 Å². The summed E-state index contributed by atoms with van der Waals surface area (Å²) in [5.41, 5.74) is 3.27. The first-order valence-corrected chi connectivity index (χ1v) is 10.1. The summed E-state index contributed by atoms with van der Waals surface area (Å²) in [4.78, 5) is 27.3. The maximum Gasteiger partial charge on any atom is 0.269 e. The standard InChI is InChI=1S/C21H18N4O3S/c1-14-5-7-16(8-6-14)23-12-24-20(26)10-18(19(11-22)21(24)29-13-23)15-3-2-4-17(9-15)25(27)28/h2-9,18H,10,12-13H2,1H3/t18-/m1/s1. The van der Waals surface area contributed by atoms with Crippen LogP contribution in [-0.2, 0) is 4.79 Å². The number of fused-ring (bicyclic) bond motifs is 1. The molecule has 2 aliphatic heterocycles. The molecule has 2 aliphatic rings. The molecule has 1 fully saturated rings. The fraction of sp³-hybridized carbons (Fsp3) is 0.238. The molecule has 4 rings (SSSR count). The van der Waals surface area contributed by atoms with Crippen molar-refractivity contribution >= 4 is 29.0 Å². The maximum absolute atomic E-state index is 12.9. The third kappa shape index (κ3) is 3.57. The van der Waals surface area contributed by atoms with Crippen LogP contribution >= 0.6 is 11.8 Å². The van der Waals surface area contributed by atoms with Crippen LogP contribution in [0.2, 0.25) is 0 Å². The molecule has 0 unspecified atom stereocenters. The molecule has 2 heterocycles. The second-order valence-electron chi connectivity index (χ2n) is 7.05. The van der Waals surface area contributed by atoms with Gasteiger partial charge in [0.05, 0.1) is 34.1 Å². The van der Waals surface area contributed by atoms with E-state index in [9.17, 15) is 20.2 Å². The minimum atomic E-state index is -0.464. The molecule has 7 nitrogen and oxygen atoms in total. The highest BCUT2D eigenvalue weighted by Crippen LogP contribution is 2.43. The van der Waals surface area contributed by atoms with E-state index in [1.54, 1.807) is 17.0 Å². The summed E-state index contributed by atoms with van der Waals surface area (Å²) in [5.74, 6) is 0.0755. The van der Waals surface area contributed by atoms with Gasteiger partial charge in [-0.2, -0.15) is 5.26 Å². The lowest BCUT2D eigenvalue weighted by molar-refractivity contribution is -0.384. The number of nitro groups is 1. The first-order valence-electron chi connectivity index (χ1n) is 9.11. The first-order chi connectivity index (χ1) is 14.0. The SMILES string of the molecule is Cc1ccc(N2CSC3=C(C#N)[C@@H](c4cccc([N+](=O)[O-])c4)CC(=O)N3C2)cc1. The van der Waals surface area contributed by atoms with Gasteiger partial charge < -0.3 is 4.90 Å². The highest BCUT2D eigenvalue weighted by molar-refractivity contribution is 8.03. The molecule has 29 heavy (non-hydrogen) atoms. The van der Waals surface area contributed by atoms with E-state index in [0.29, 0.717) is 28.7 Å². The number of nitrogens with zero attached hydrogens (tertiary/aromatic N) is 4. The third-order valence-electron chi connectivity index (χ3n) is 5.18. The molecule has 1 saturated heterocycles. The number of rotatable bonds is 3. The number of thioether (sulfide) groups is 1. The molecule has 0 spiro atoms. The maximum atomic E-state index is 12.9. The number of carbonyl (C=O) groups is 1. The molecule has 146 valence electrons.